The smallest absolute Gasteiger partial charge is 0.200 e. The minimum atomic E-state index is -0.453. The maximum absolute atomic E-state index is 9.45. The van der Waals surface area contributed by atoms with E-state index in [1.54, 1.807) is 6.07 Å². The van der Waals surface area contributed by atoms with Crippen LogP contribution in [-0.4, -0.2) is 20.6 Å². The van der Waals surface area contributed by atoms with Crippen molar-refractivity contribution in [2.24, 2.45) is 0 Å². The number of phenolic OH excluding ortho intramolecular Hbond substituents is 3. The summed E-state index contributed by atoms with van der Waals surface area (Å²) in [5.74, 6) is -0.910. The summed E-state index contributed by atoms with van der Waals surface area (Å²) in [4.78, 5) is 0. The van der Waals surface area contributed by atoms with Gasteiger partial charge in [0.1, 0.15) is 0 Å². The molecule has 13 heavy (non-hydrogen) atoms. The average Bonchev–Trinajstić information content (AvgIpc) is 2.13. The van der Waals surface area contributed by atoms with Gasteiger partial charge in [-0.1, -0.05) is 28.9 Å². The van der Waals surface area contributed by atoms with Gasteiger partial charge in [-0.25, -0.2) is 0 Å². The first-order valence-corrected chi connectivity index (χ1v) is 4.99. The first kappa shape index (κ1) is 10.2. The third kappa shape index (κ3) is 1.88. The van der Waals surface area contributed by atoms with Crippen LogP contribution in [0.3, 0.4) is 0 Å². The van der Waals surface area contributed by atoms with Crippen LogP contribution in [0.2, 0.25) is 0 Å². The molecule has 0 aliphatic carbocycles. The lowest BCUT2D eigenvalue weighted by atomic mass is 10.0. The normalized spacial score (nSPS) is 12.8. The molecule has 3 nitrogen and oxygen atoms in total. The van der Waals surface area contributed by atoms with Crippen molar-refractivity contribution in [2.45, 2.75) is 12.8 Å². The van der Waals surface area contributed by atoms with Gasteiger partial charge in [-0.15, -0.1) is 0 Å². The fraction of sp³-hybridized carbons (Fsp3) is 0.333. The van der Waals surface area contributed by atoms with Crippen molar-refractivity contribution in [1.29, 1.82) is 0 Å². The lowest BCUT2D eigenvalue weighted by molar-refractivity contribution is 0.364. The second-order valence-corrected chi connectivity index (χ2v) is 3.57. The number of alkyl halides is 1. The summed E-state index contributed by atoms with van der Waals surface area (Å²) in [6.45, 7) is 1.90. The van der Waals surface area contributed by atoms with Crippen molar-refractivity contribution < 1.29 is 15.3 Å². The van der Waals surface area contributed by atoms with Crippen LogP contribution in [0.15, 0.2) is 12.1 Å². The monoisotopic (exact) mass is 246 g/mol. The maximum atomic E-state index is 9.45. The molecule has 0 aliphatic rings. The van der Waals surface area contributed by atoms with Gasteiger partial charge in [0.05, 0.1) is 0 Å². The summed E-state index contributed by atoms with van der Waals surface area (Å²) in [6, 6.07) is 2.96. The van der Waals surface area contributed by atoms with Crippen LogP contribution >= 0.6 is 15.9 Å². The van der Waals surface area contributed by atoms with Crippen LogP contribution in [0.25, 0.3) is 0 Å². The molecule has 1 atom stereocenters. The van der Waals surface area contributed by atoms with Crippen molar-refractivity contribution in [2.75, 3.05) is 5.33 Å². The largest absolute Gasteiger partial charge is 0.504 e. The molecule has 0 heterocycles. The van der Waals surface area contributed by atoms with Crippen molar-refractivity contribution in [3.63, 3.8) is 0 Å². The Bertz CT molecular complexity index is 312. The standard InChI is InChI=1S/C9H11BrO3/c1-5(4-10)6-2-3-7(11)9(13)8(6)12/h2-3,5,11-13H,4H2,1H3. The predicted molar refractivity (Wildman–Crippen MR) is 53.6 cm³/mol. The number of halogens is 1. The summed E-state index contributed by atoms with van der Waals surface area (Å²) in [5, 5.41) is 28.4. The molecule has 1 rings (SSSR count). The number of rotatable bonds is 2. The van der Waals surface area contributed by atoms with Crippen LogP contribution < -0.4 is 0 Å². The molecule has 3 N–H and O–H groups in total. The number of aromatic hydroxyl groups is 3. The Labute approximate surface area is 84.8 Å². The molecule has 0 fully saturated rings. The van der Waals surface area contributed by atoms with Crippen molar-refractivity contribution >= 4 is 15.9 Å². The second-order valence-electron chi connectivity index (χ2n) is 2.93. The van der Waals surface area contributed by atoms with Gasteiger partial charge in [0.2, 0.25) is 5.75 Å². The minimum Gasteiger partial charge on any atom is -0.504 e. The lowest BCUT2D eigenvalue weighted by Crippen LogP contribution is -1.94. The molecule has 0 saturated carbocycles. The molecule has 0 amide bonds. The Morgan fingerprint density at radius 1 is 1.23 bits per heavy atom. The van der Waals surface area contributed by atoms with Crippen LogP contribution in [0, 0.1) is 0 Å². The average molecular weight is 247 g/mol. The first-order chi connectivity index (χ1) is 6.07. The van der Waals surface area contributed by atoms with Crippen LogP contribution in [0.4, 0.5) is 0 Å². The molecule has 0 radical (unpaired) electrons. The molecule has 0 aromatic heterocycles. The van der Waals surface area contributed by atoms with E-state index in [2.05, 4.69) is 15.9 Å². The Morgan fingerprint density at radius 2 is 1.85 bits per heavy atom. The molecule has 0 aliphatic heterocycles. The lowest BCUT2D eigenvalue weighted by Gasteiger charge is -2.11. The van der Waals surface area contributed by atoms with Gasteiger partial charge in [0.25, 0.3) is 0 Å². The quantitative estimate of drug-likeness (QED) is 0.555. The summed E-state index contributed by atoms with van der Waals surface area (Å²) in [5.41, 5.74) is 0.618. The highest BCUT2D eigenvalue weighted by molar-refractivity contribution is 9.09. The van der Waals surface area contributed by atoms with Crippen LogP contribution in [0.5, 0.6) is 17.2 Å². The Balaban J connectivity index is 3.18. The second kappa shape index (κ2) is 3.87. The van der Waals surface area contributed by atoms with Crippen molar-refractivity contribution in [1.82, 2.24) is 0 Å². The van der Waals surface area contributed by atoms with Gasteiger partial charge in [-0.05, 0) is 12.0 Å². The number of benzene rings is 1. The third-order valence-corrected chi connectivity index (χ3v) is 2.89. The zero-order valence-corrected chi connectivity index (χ0v) is 8.74. The van der Waals surface area contributed by atoms with Gasteiger partial charge in [-0.2, -0.15) is 0 Å². The Kier molecular flexibility index (Phi) is 3.03. The maximum Gasteiger partial charge on any atom is 0.200 e. The van der Waals surface area contributed by atoms with E-state index < -0.39 is 5.75 Å². The summed E-state index contributed by atoms with van der Waals surface area (Å²) < 4.78 is 0. The van der Waals surface area contributed by atoms with E-state index in [4.69, 9.17) is 5.11 Å². The fourth-order valence-corrected chi connectivity index (χ4v) is 1.41. The number of hydrogen-bond donors (Lipinski definition) is 3. The Hall–Kier alpha value is -0.900. The van der Waals surface area contributed by atoms with E-state index in [0.29, 0.717) is 10.9 Å². The molecule has 1 aromatic rings. The SMILES string of the molecule is CC(CBr)c1ccc(O)c(O)c1O. The molecule has 0 spiro atoms. The molecule has 0 bridgehead atoms. The fourth-order valence-electron chi connectivity index (χ4n) is 1.07. The zero-order chi connectivity index (χ0) is 10.0. The number of phenols is 3. The van der Waals surface area contributed by atoms with Gasteiger partial charge in [0, 0.05) is 10.9 Å². The van der Waals surface area contributed by atoms with E-state index in [1.807, 2.05) is 6.92 Å². The van der Waals surface area contributed by atoms with E-state index in [0.717, 1.165) is 0 Å². The van der Waals surface area contributed by atoms with Gasteiger partial charge < -0.3 is 15.3 Å². The molecule has 1 unspecified atom stereocenters. The van der Waals surface area contributed by atoms with E-state index in [1.165, 1.54) is 6.07 Å². The highest BCUT2D eigenvalue weighted by Crippen LogP contribution is 2.40. The highest BCUT2D eigenvalue weighted by Gasteiger charge is 2.14. The van der Waals surface area contributed by atoms with Crippen LogP contribution in [-0.2, 0) is 0 Å². The van der Waals surface area contributed by atoms with Crippen LogP contribution in [0.1, 0.15) is 18.4 Å². The van der Waals surface area contributed by atoms with Gasteiger partial charge in [-0.3, -0.25) is 0 Å². The van der Waals surface area contributed by atoms with Gasteiger partial charge in [0.15, 0.2) is 11.5 Å². The summed E-state index contributed by atoms with van der Waals surface area (Å²) in [7, 11) is 0. The zero-order valence-electron chi connectivity index (χ0n) is 7.16. The third-order valence-electron chi connectivity index (χ3n) is 1.92. The highest BCUT2D eigenvalue weighted by atomic mass is 79.9. The summed E-state index contributed by atoms with van der Waals surface area (Å²) >= 11 is 3.27. The van der Waals surface area contributed by atoms with E-state index in [-0.39, 0.29) is 17.4 Å². The molecule has 4 heteroatoms. The molecule has 72 valence electrons. The van der Waals surface area contributed by atoms with E-state index >= 15 is 0 Å². The Morgan fingerprint density at radius 3 is 2.38 bits per heavy atom. The van der Waals surface area contributed by atoms with Crippen molar-refractivity contribution in [3.8, 4) is 17.2 Å². The molecule has 0 saturated heterocycles. The summed E-state index contributed by atoms with van der Waals surface area (Å²) in [6.07, 6.45) is 0. The minimum absolute atomic E-state index is 0.0894. The predicted octanol–water partition coefficient (Wildman–Crippen LogP) is 2.30. The number of hydrogen-bond acceptors (Lipinski definition) is 3. The van der Waals surface area contributed by atoms with Gasteiger partial charge >= 0.3 is 0 Å². The molecule has 1 aromatic carbocycles. The molecular formula is C9H11BrO3. The molecular weight excluding hydrogens is 236 g/mol. The van der Waals surface area contributed by atoms with E-state index in [9.17, 15) is 10.2 Å². The first-order valence-electron chi connectivity index (χ1n) is 3.87. The van der Waals surface area contributed by atoms with Crippen molar-refractivity contribution in [3.05, 3.63) is 17.7 Å². The topological polar surface area (TPSA) is 60.7 Å².